The van der Waals surface area contributed by atoms with Crippen LogP contribution >= 0.6 is 12.4 Å². The first-order valence-electron chi connectivity index (χ1n) is 5.53. The Morgan fingerprint density at radius 3 is 2.83 bits per heavy atom. The molecule has 1 fully saturated rings. The van der Waals surface area contributed by atoms with Gasteiger partial charge in [-0.2, -0.15) is 0 Å². The number of nitrogen functional groups attached to an aromatic ring is 1. The number of aliphatic carboxylic acids is 1. The Balaban J connectivity index is 0.00000162. The minimum Gasteiger partial charge on any atom is -0.480 e. The predicted molar refractivity (Wildman–Crippen MR) is 72.7 cm³/mol. The number of hydrogen-bond acceptors (Lipinski definition) is 3. The van der Waals surface area contributed by atoms with Crippen LogP contribution in [0, 0.1) is 5.41 Å². The second kappa shape index (κ2) is 5.73. The van der Waals surface area contributed by atoms with Crippen molar-refractivity contribution in [3.63, 3.8) is 0 Å². The van der Waals surface area contributed by atoms with E-state index in [2.05, 4.69) is 0 Å². The average Bonchev–Trinajstić information content (AvgIpc) is 2.78. The third-order valence-corrected chi connectivity index (χ3v) is 3.03. The summed E-state index contributed by atoms with van der Waals surface area (Å²) in [7, 11) is 0. The molecule has 4 N–H and O–H groups in total. The van der Waals surface area contributed by atoms with Crippen LogP contribution in [-0.2, 0) is 4.79 Å². The molecule has 1 aromatic carbocycles. The third kappa shape index (κ3) is 2.73. The summed E-state index contributed by atoms with van der Waals surface area (Å²) in [6.45, 7) is 0.734. The number of hydrogen-bond donors (Lipinski definition) is 3. The minimum atomic E-state index is -0.796. The summed E-state index contributed by atoms with van der Waals surface area (Å²) in [4.78, 5) is 13.0. The molecule has 18 heavy (non-hydrogen) atoms. The van der Waals surface area contributed by atoms with Crippen LogP contribution in [0.3, 0.4) is 0 Å². The van der Waals surface area contributed by atoms with Gasteiger partial charge in [-0.1, -0.05) is 12.1 Å². The number of nitrogens with two attached hydrogens (primary N) is 1. The van der Waals surface area contributed by atoms with E-state index in [1.54, 1.807) is 18.2 Å². The highest BCUT2D eigenvalue weighted by molar-refractivity contribution is 5.96. The molecule has 1 aliphatic rings. The van der Waals surface area contributed by atoms with Crippen LogP contribution in [0.2, 0.25) is 0 Å². The Labute approximate surface area is 112 Å². The number of benzene rings is 1. The van der Waals surface area contributed by atoms with E-state index in [0.29, 0.717) is 12.0 Å². The Morgan fingerprint density at radius 1 is 1.50 bits per heavy atom. The summed E-state index contributed by atoms with van der Waals surface area (Å²) in [5.41, 5.74) is 6.87. The van der Waals surface area contributed by atoms with E-state index in [-0.39, 0.29) is 18.2 Å². The summed E-state index contributed by atoms with van der Waals surface area (Å²) < 4.78 is 0. The smallest absolute Gasteiger partial charge is 0.326 e. The van der Waals surface area contributed by atoms with Gasteiger partial charge >= 0.3 is 5.97 Å². The van der Waals surface area contributed by atoms with Crippen molar-refractivity contribution in [3.05, 3.63) is 29.8 Å². The van der Waals surface area contributed by atoms with Crippen molar-refractivity contribution in [1.82, 2.24) is 0 Å². The van der Waals surface area contributed by atoms with Crippen molar-refractivity contribution < 1.29 is 9.90 Å². The fraction of sp³-hybridized carbons (Fsp3) is 0.333. The Hall–Kier alpha value is -1.75. The molecular weight excluding hydrogens is 254 g/mol. The van der Waals surface area contributed by atoms with Crippen LogP contribution < -0.4 is 10.6 Å². The van der Waals surface area contributed by atoms with E-state index >= 15 is 0 Å². The SMILES string of the molecule is Cl.N=C(N)c1cccc(N2CCC[C@@H]2C(=O)O)c1. The highest BCUT2D eigenvalue weighted by atomic mass is 35.5. The fourth-order valence-electron chi connectivity index (χ4n) is 2.18. The monoisotopic (exact) mass is 269 g/mol. The zero-order chi connectivity index (χ0) is 12.4. The molecule has 2 rings (SSSR count). The third-order valence-electron chi connectivity index (χ3n) is 3.03. The number of amidine groups is 1. The maximum atomic E-state index is 11.1. The standard InChI is InChI=1S/C12H15N3O2.ClH/c13-11(14)8-3-1-4-9(7-8)15-6-2-5-10(15)12(16)17;/h1,3-4,7,10H,2,5-6H2,(H3,13,14)(H,16,17);1H/t10-;/m1./s1. The molecule has 0 aromatic heterocycles. The first kappa shape index (κ1) is 14.3. The van der Waals surface area contributed by atoms with E-state index in [4.69, 9.17) is 16.2 Å². The molecule has 98 valence electrons. The van der Waals surface area contributed by atoms with Gasteiger partial charge in [-0.3, -0.25) is 5.41 Å². The number of nitrogens with one attached hydrogen (secondary N) is 1. The summed E-state index contributed by atoms with van der Waals surface area (Å²) in [5, 5.41) is 16.5. The van der Waals surface area contributed by atoms with Crippen molar-refractivity contribution >= 4 is 29.9 Å². The average molecular weight is 270 g/mol. The number of anilines is 1. The zero-order valence-electron chi connectivity index (χ0n) is 9.80. The number of carboxylic acids is 1. The number of rotatable bonds is 3. The van der Waals surface area contributed by atoms with Gasteiger partial charge in [-0.15, -0.1) is 12.4 Å². The van der Waals surface area contributed by atoms with Gasteiger partial charge in [0.05, 0.1) is 0 Å². The Bertz CT molecular complexity index is 464. The van der Waals surface area contributed by atoms with Gasteiger partial charge < -0.3 is 15.7 Å². The molecule has 0 aliphatic carbocycles. The number of carboxylic acid groups (broad SMARTS) is 1. The molecule has 0 bridgehead atoms. The first-order valence-corrected chi connectivity index (χ1v) is 5.53. The van der Waals surface area contributed by atoms with Crippen molar-refractivity contribution in [1.29, 1.82) is 5.41 Å². The normalized spacial score (nSPS) is 18.2. The minimum absolute atomic E-state index is 0. The van der Waals surface area contributed by atoms with E-state index < -0.39 is 12.0 Å². The topological polar surface area (TPSA) is 90.4 Å². The van der Waals surface area contributed by atoms with Crippen LogP contribution in [0.25, 0.3) is 0 Å². The van der Waals surface area contributed by atoms with Gasteiger partial charge in [0.25, 0.3) is 0 Å². The lowest BCUT2D eigenvalue weighted by Crippen LogP contribution is -2.36. The number of carbonyl (C=O) groups is 1. The van der Waals surface area contributed by atoms with Gasteiger partial charge in [0.15, 0.2) is 0 Å². The zero-order valence-corrected chi connectivity index (χ0v) is 10.6. The second-order valence-electron chi connectivity index (χ2n) is 4.15. The first-order chi connectivity index (χ1) is 8.09. The van der Waals surface area contributed by atoms with Gasteiger partial charge in [0, 0.05) is 17.8 Å². The number of halogens is 1. The molecule has 0 spiro atoms. The van der Waals surface area contributed by atoms with Crippen LogP contribution in [0.1, 0.15) is 18.4 Å². The van der Waals surface area contributed by atoms with Gasteiger partial charge in [0.2, 0.25) is 0 Å². The van der Waals surface area contributed by atoms with Crippen LogP contribution in [0.5, 0.6) is 0 Å². The maximum Gasteiger partial charge on any atom is 0.326 e. The highest BCUT2D eigenvalue weighted by Gasteiger charge is 2.30. The Kier molecular flexibility index (Phi) is 4.55. The number of nitrogens with zero attached hydrogens (tertiary/aromatic N) is 1. The van der Waals surface area contributed by atoms with E-state index in [1.165, 1.54) is 0 Å². The maximum absolute atomic E-state index is 11.1. The molecule has 1 atom stereocenters. The molecule has 0 radical (unpaired) electrons. The molecule has 1 saturated heterocycles. The summed E-state index contributed by atoms with van der Waals surface area (Å²) in [6, 6.07) is 6.70. The van der Waals surface area contributed by atoms with E-state index in [0.717, 1.165) is 18.7 Å². The molecule has 1 aliphatic heterocycles. The molecule has 0 saturated carbocycles. The lowest BCUT2D eigenvalue weighted by atomic mass is 10.1. The summed E-state index contributed by atoms with van der Waals surface area (Å²) in [6.07, 6.45) is 1.54. The van der Waals surface area contributed by atoms with Crippen LogP contribution in [-0.4, -0.2) is 29.5 Å². The second-order valence-corrected chi connectivity index (χ2v) is 4.15. The fourth-order valence-corrected chi connectivity index (χ4v) is 2.18. The van der Waals surface area contributed by atoms with Gasteiger partial charge in [-0.05, 0) is 25.0 Å². The summed E-state index contributed by atoms with van der Waals surface area (Å²) in [5.74, 6) is -0.798. The molecular formula is C12H16ClN3O2. The van der Waals surface area contributed by atoms with E-state index in [9.17, 15) is 4.79 Å². The van der Waals surface area contributed by atoms with Crippen LogP contribution in [0.4, 0.5) is 5.69 Å². The van der Waals surface area contributed by atoms with Gasteiger partial charge in [-0.25, -0.2) is 4.79 Å². The lowest BCUT2D eigenvalue weighted by molar-refractivity contribution is -0.138. The van der Waals surface area contributed by atoms with Crippen molar-refractivity contribution in [3.8, 4) is 0 Å². The molecule has 0 unspecified atom stereocenters. The Morgan fingerprint density at radius 2 is 2.22 bits per heavy atom. The summed E-state index contributed by atoms with van der Waals surface area (Å²) >= 11 is 0. The largest absolute Gasteiger partial charge is 0.480 e. The molecule has 1 heterocycles. The molecule has 6 heteroatoms. The highest BCUT2D eigenvalue weighted by Crippen LogP contribution is 2.26. The van der Waals surface area contributed by atoms with Crippen LogP contribution in [0.15, 0.2) is 24.3 Å². The van der Waals surface area contributed by atoms with Crippen molar-refractivity contribution in [2.75, 3.05) is 11.4 Å². The molecule has 5 nitrogen and oxygen atoms in total. The van der Waals surface area contributed by atoms with Gasteiger partial charge in [0.1, 0.15) is 11.9 Å². The lowest BCUT2D eigenvalue weighted by Gasteiger charge is -2.24. The van der Waals surface area contributed by atoms with E-state index in [1.807, 2.05) is 11.0 Å². The predicted octanol–water partition coefficient (Wildman–Crippen LogP) is 1.45. The molecule has 0 amide bonds. The van der Waals surface area contributed by atoms with Crippen molar-refractivity contribution in [2.24, 2.45) is 5.73 Å². The quantitative estimate of drug-likeness (QED) is 0.572. The van der Waals surface area contributed by atoms with Crippen molar-refractivity contribution in [2.45, 2.75) is 18.9 Å². The molecule has 1 aromatic rings.